The quantitative estimate of drug-likeness (QED) is 0.713. The molecule has 0 bridgehead atoms. The first kappa shape index (κ1) is 11.2. The van der Waals surface area contributed by atoms with Crippen LogP contribution in [0, 0.1) is 11.8 Å². The van der Waals surface area contributed by atoms with Gasteiger partial charge in [-0.3, -0.25) is 0 Å². The lowest BCUT2D eigenvalue weighted by atomic mass is 9.93. The number of nitrogens with zero attached hydrogens (tertiary/aromatic N) is 1. The molecule has 2 rings (SSSR count). The minimum absolute atomic E-state index is 0.786. The van der Waals surface area contributed by atoms with Crippen LogP contribution in [0.5, 0.6) is 0 Å². The molecule has 0 radical (unpaired) electrons. The monoisotopic (exact) mass is 208 g/mol. The fourth-order valence-corrected chi connectivity index (χ4v) is 2.80. The largest absolute Gasteiger partial charge is 0.317 e. The van der Waals surface area contributed by atoms with E-state index in [9.17, 15) is 0 Å². The van der Waals surface area contributed by atoms with E-state index in [2.05, 4.69) is 22.9 Å². The summed E-state index contributed by atoms with van der Waals surface area (Å²) in [7, 11) is 0. The second kappa shape index (κ2) is 5.66. The molecule has 86 valence electrons. The standard InChI is InChI=1S/C13H24N2/c1-2-12-5-9-15(10-6-12)11-13-3-7-14-8-4-13/h2,12-14H,1,3-11H2. The predicted octanol–water partition coefficient (Wildman–Crippen LogP) is 1.88. The van der Waals surface area contributed by atoms with Crippen molar-refractivity contribution in [2.75, 3.05) is 32.7 Å². The summed E-state index contributed by atoms with van der Waals surface area (Å²) >= 11 is 0. The highest BCUT2D eigenvalue weighted by Gasteiger charge is 2.21. The fourth-order valence-electron chi connectivity index (χ4n) is 2.80. The van der Waals surface area contributed by atoms with Gasteiger partial charge in [0, 0.05) is 6.54 Å². The van der Waals surface area contributed by atoms with Crippen LogP contribution in [0.4, 0.5) is 0 Å². The van der Waals surface area contributed by atoms with E-state index >= 15 is 0 Å². The molecule has 0 unspecified atom stereocenters. The zero-order chi connectivity index (χ0) is 10.5. The Hall–Kier alpha value is -0.340. The van der Waals surface area contributed by atoms with Crippen molar-refractivity contribution >= 4 is 0 Å². The van der Waals surface area contributed by atoms with Gasteiger partial charge < -0.3 is 10.2 Å². The van der Waals surface area contributed by atoms with Crippen LogP contribution < -0.4 is 5.32 Å². The first-order valence-electron chi connectivity index (χ1n) is 6.44. The lowest BCUT2D eigenvalue weighted by Gasteiger charge is -2.34. The molecule has 2 aliphatic heterocycles. The van der Waals surface area contributed by atoms with E-state index in [-0.39, 0.29) is 0 Å². The van der Waals surface area contributed by atoms with Crippen molar-refractivity contribution in [3.63, 3.8) is 0 Å². The summed E-state index contributed by atoms with van der Waals surface area (Å²) < 4.78 is 0. The zero-order valence-electron chi connectivity index (χ0n) is 9.75. The van der Waals surface area contributed by atoms with Gasteiger partial charge in [-0.1, -0.05) is 6.08 Å². The van der Waals surface area contributed by atoms with Gasteiger partial charge in [-0.15, -0.1) is 6.58 Å². The number of piperidine rings is 2. The molecule has 1 N–H and O–H groups in total. The highest BCUT2D eigenvalue weighted by molar-refractivity contribution is 4.85. The molecule has 0 spiro atoms. The Bertz CT molecular complexity index is 189. The molecule has 0 aromatic carbocycles. The third kappa shape index (κ3) is 3.32. The summed E-state index contributed by atoms with van der Waals surface area (Å²) in [6.07, 6.45) is 7.55. The first-order chi connectivity index (χ1) is 7.38. The minimum Gasteiger partial charge on any atom is -0.317 e. The predicted molar refractivity (Wildman–Crippen MR) is 65.0 cm³/mol. The molecule has 15 heavy (non-hydrogen) atoms. The van der Waals surface area contributed by atoms with Crippen molar-refractivity contribution in [3.05, 3.63) is 12.7 Å². The maximum Gasteiger partial charge on any atom is 0.00106 e. The number of allylic oxidation sites excluding steroid dienone is 1. The summed E-state index contributed by atoms with van der Waals surface area (Å²) in [6.45, 7) is 10.3. The van der Waals surface area contributed by atoms with Crippen LogP contribution in [-0.4, -0.2) is 37.6 Å². The molecule has 2 nitrogen and oxygen atoms in total. The Morgan fingerprint density at radius 1 is 1.13 bits per heavy atom. The number of likely N-dealkylation sites (tertiary alicyclic amines) is 1. The second-order valence-electron chi connectivity index (χ2n) is 5.07. The van der Waals surface area contributed by atoms with Gasteiger partial charge in [0.05, 0.1) is 0 Å². The van der Waals surface area contributed by atoms with Crippen molar-refractivity contribution < 1.29 is 0 Å². The lowest BCUT2D eigenvalue weighted by molar-refractivity contribution is 0.161. The van der Waals surface area contributed by atoms with Crippen LogP contribution >= 0.6 is 0 Å². The molecule has 0 aromatic rings. The van der Waals surface area contributed by atoms with Crippen LogP contribution in [0.3, 0.4) is 0 Å². The number of nitrogens with one attached hydrogen (secondary N) is 1. The molecule has 0 amide bonds. The summed E-state index contributed by atoms with van der Waals surface area (Å²) in [5.41, 5.74) is 0. The third-order valence-corrected chi connectivity index (χ3v) is 3.94. The van der Waals surface area contributed by atoms with E-state index < -0.39 is 0 Å². The van der Waals surface area contributed by atoms with Crippen LogP contribution in [0.2, 0.25) is 0 Å². The van der Waals surface area contributed by atoms with Gasteiger partial charge in [0.25, 0.3) is 0 Å². The molecule has 2 heterocycles. The normalized spacial score (nSPS) is 26.7. The Morgan fingerprint density at radius 2 is 1.80 bits per heavy atom. The average Bonchev–Trinajstić information content (AvgIpc) is 2.31. The number of hydrogen-bond donors (Lipinski definition) is 1. The Kier molecular flexibility index (Phi) is 4.21. The van der Waals surface area contributed by atoms with Gasteiger partial charge in [-0.2, -0.15) is 0 Å². The van der Waals surface area contributed by atoms with E-state index in [4.69, 9.17) is 0 Å². The molecule has 0 aromatic heterocycles. The van der Waals surface area contributed by atoms with Gasteiger partial charge in [0.1, 0.15) is 0 Å². The molecule has 2 saturated heterocycles. The minimum atomic E-state index is 0.786. The molecular formula is C13H24N2. The third-order valence-electron chi connectivity index (χ3n) is 3.94. The van der Waals surface area contributed by atoms with E-state index in [0.29, 0.717) is 0 Å². The van der Waals surface area contributed by atoms with Gasteiger partial charge in [-0.05, 0) is 63.7 Å². The molecule has 0 aliphatic carbocycles. The van der Waals surface area contributed by atoms with Crippen LogP contribution in [0.15, 0.2) is 12.7 Å². The number of hydrogen-bond acceptors (Lipinski definition) is 2. The summed E-state index contributed by atoms with van der Waals surface area (Å²) in [5.74, 6) is 1.74. The highest BCUT2D eigenvalue weighted by atomic mass is 15.1. The van der Waals surface area contributed by atoms with Crippen LogP contribution in [0.1, 0.15) is 25.7 Å². The molecular weight excluding hydrogens is 184 g/mol. The van der Waals surface area contributed by atoms with Crippen molar-refractivity contribution in [1.82, 2.24) is 10.2 Å². The van der Waals surface area contributed by atoms with Gasteiger partial charge in [0.2, 0.25) is 0 Å². The van der Waals surface area contributed by atoms with E-state index in [0.717, 1.165) is 11.8 Å². The highest BCUT2D eigenvalue weighted by Crippen LogP contribution is 2.20. The van der Waals surface area contributed by atoms with Crippen LogP contribution in [0.25, 0.3) is 0 Å². The zero-order valence-corrected chi connectivity index (χ0v) is 9.75. The van der Waals surface area contributed by atoms with Crippen molar-refractivity contribution in [1.29, 1.82) is 0 Å². The molecule has 2 heteroatoms. The van der Waals surface area contributed by atoms with Crippen molar-refractivity contribution in [2.45, 2.75) is 25.7 Å². The second-order valence-corrected chi connectivity index (χ2v) is 5.07. The maximum absolute atomic E-state index is 3.90. The van der Waals surface area contributed by atoms with E-state index in [1.54, 1.807) is 0 Å². The number of rotatable bonds is 3. The SMILES string of the molecule is C=CC1CCN(CC2CCNCC2)CC1. The fraction of sp³-hybridized carbons (Fsp3) is 0.846. The lowest BCUT2D eigenvalue weighted by Crippen LogP contribution is -2.40. The summed E-state index contributed by atoms with van der Waals surface area (Å²) in [5, 5.41) is 3.44. The molecule has 2 aliphatic rings. The summed E-state index contributed by atoms with van der Waals surface area (Å²) in [6, 6.07) is 0. The smallest absolute Gasteiger partial charge is 0.00106 e. The van der Waals surface area contributed by atoms with E-state index in [1.807, 2.05) is 0 Å². The van der Waals surface area contributed by atoms with Crippen molar-refractivity contribution in [3.8, 4) is 0 Å². The van der Waals surface area contributed by atoms with Crippen molar-refractivity contribution in [2.24, 2.45) is 11.8 Å². The van der Waals surface area contributed by atoms with Crippen LogP contribution in [-0.2, 0) is 0 Å². The Balaban J connectivity index is 1.69. The van der Waals surface area contributed by atoms with Gasteiger partial charge in [-0.25, -0.2) is 0 Å². The first-order valence-corrected chi connectivity index (χ1v) is 6.44. The Morgan fingerprint density at radius 3 is 2.40 bits per heavy atom. The maximum atomic E-state index is 3.90. The van der Waals surface area contributed by atoms with Gasteiger partial charge >= 0.3 is 0 Å². The topological polar surface area (TPSA) is 15.3 Å². The average molecular weight is 208 g/mol. The van der Waals surface area contributed by atoms with E-state index in [1.165, 1.54) is 58.4 Å². The Labute approximate surface area is 93.7 Å². The van der Waals surface area contributed by atoms with Gasteiger partial charge in [0.15, 0.2) is 0 Å². The molecule has 0 saturated carbocycles. The molecule has 2 fully saturated rings. The molecule has 0 atom stereocenters. The summed E-state index contributed by atoms with van der Waals surface area (Å²) in [4.78, 5) is 2.66.